The van der Waals surface area contributed by atoms with Gasteiger partial charge in [-0.05, 0) is 49.1 Å². The second-order valence-electron chi connectivity index (χ2n) is 8.15. The van der Waals surface area contributed by atoms with E-state index in [1.807, 2.05) is 30.3 Å². The fraction of sp³-hybridized carbons (Fsp3) is 0.200. The number of nitrogens with one attached hydrogen (secondary N) is 1. The van der Waals surface area contributed by atoms with Crippen molar-refractivity contribution in [3.8, 4) is 11.8 Å². The molecule has 0 spiro atoms. The van der Waals surface area contributed by atoms with Crippen molar-refractivity contribution in [2.24, 2.45) is 0 Å². The third kappa shape index (κ3) is 4.93. The van der Waals surface area contributed by atoms with Gasteiger partial charge in [0.2, 0.25) is 5.91 Å². The number of thioether (sulfide) groups is 1. The first-order chi connectivity index (χ1) is 17.5. The quantitative estimate of drug-likeness (QED) is 0.332. The molecular formula is C25H21N5O3S3. The molecule has 1 aliphatic rings. The van der Waals surface area contributed by atoms with Crippen LogP contribution in [0.4, 0.5) is 5.00 Å². The number of para-hydroxylation sites is 1. The Morgan fingerprint density at radius 3 is 2.53 bits per heavy atom. The minimum atomic E-state index is -3.65. The second-order valence-corrected chi connectivity index (χ2v) is 12.2. The first kappa shape index (κ1) is 24.2. The normalized spacial score (nSPS) is 12.8. The number of nitriles is 1. The van der Waals surface area contributed by atoms with E-state index in [1.165, 1.54) is 16.2 Å². The highest BCUT2D eigenvalue weighted by Gasteiger charge is 2.25. The van der Waals surface area contributed by atoms with Gasteiger partial charge in [-0.1, -0.05) is 48.2 Å². The molecule has 4 aromatic rings. The van der Waals surface area contributed by atoms with Crippen LogP contribution in [0.5, 0.6) is 0 Å². The molecule has 0 atom stereocenters. The molecule has 0 radical (unpaired) electrons. The van der Waals surface area contributed by atoms with Gasteiger partial charge < -0.3 is 5.32 Å². The maximum Gasteiger partial charge on any atom is 0.235 e. The van der Waals surface area contributed by atoms with Crippen molar-refractivity contribution in [1.82, 2.24) is 14.8 Å². The molecule has 0 fully saturated rings. The van der Waals surface area contributed by atoms with Crippen LogP contribution in [0.3, 0.4) is 0 Å². The van der Waals surface area contributed by atoms with Gasteiger partial charge in [-0.25, -0.2) is 8.42 Å². The van der Waals surface area contributed by atoms with E-state index in [9.17, 15) is 18.5 Å². The van der Waals surface area contributed by atoms with Crippen molar-refractivity contribution in [3.63, 3.8) is 0 Å². The van der Waals surface area contributed by atoms with Crippen molar-refractivity contribution in [1.29, 1.82) is 5.26 Å². The zero-order valence-electron chi connectivity index (χ0n) is 19.0. The Kier molecular flexibility index (Phi) is 6.91. The van der Waals surface area contributed by atoms with Crippen LogP contribution >= 0.6 is 23.1 Å². The van der Waals surface area contributed by atoms with Crippen molar-refractivity contribution >= 4 is 43.8 Å². The van der Waals surface area contributed by atoms with Crippen molar-refractivity contribution in [3.05, 3.63) is 82.5 Å². The maximum atomic E-state index is 13.0. The molecule has 0 saturated carbocycles. The lowest BCUT2D eigenvalue weighted by molar-refractivity contribution is -0.113. The minimum absolute atomic E-state index is 0.0316. The Bertz CT molecular complexity index is 1560. The van der Waals surface area contributed by atoms with Gasteiger partial charge in [0, 0.05) is 10.6 Å². The largest absolute Gasteiger partial charge is 0.316 e. The van der Waals surface area contributed by atoms with E-state index in [2.05, 4.69) is 21.6 Å². The molecule has 36 heavy (non-hydrogen) atoms. The van der Waals surface area contributed by atoms with E-state index in [1.54, 1.807) is 34.9 Å². The predicted molar refractivity (Wildman–Crippen MR) is 139 cm³/mol. The first-order valence-electron chi connectivity index (χ1n) is 11.2. The summed E-state index contributed by atoms with van der Waals surface area (Å²) in [6.45, 7) is 0. The highest BCUT2D eigenvalue weighted by molar-refractivity contribution is 7.99. The second kappa shape index (κ2) is 10.3. The van der Waals surface area contributed by atoms with E-state index in [4.69, 9.17) is 0 Å². The lowest BCUT2D eigenvalue weighted by Crippen LogP contribution is -2.15. The predicted octanol–water partition coefficient (Wildman–Crippen LogP) is 4.39. The van der Waals surface area contributed by atoms with Crippen LogP contribution < -0.4 is 5.32 Å². The highest BCUT2D eigenvalue weighted by Crippen LogP contribution is 2.38. The van der Waals surface area contributed by atoms with Crippen molar-refractivity contribution in [2.45, 2.75) is 35.1 Å². The van der Waals surface area contributed by atoms with Crippen LogP contribution in [-0.2, 0) is 33.2 Å². The SMILES string of the molecule is N#Cc1c(NC(=O)CSc2nnc(CS(=O)(=O)c3ccccc3)n2-c2ccccc2)sc2c1CCC2. The summed E-state index contributed by atoms with van der Waals surface area (Å²) in [6, 6.07) is 19.6. The molecule has 1 N–H and O–H groups in total. The number of rotatable bonds is 8. The van der Waals surface area contributed by atoms with Gasteiger partial charge in [0.15, 0.2) is 20.8 Å². The zero-order chi connectivity index (χ0) is 25.1. The standard InChI is InChI=1S/C25H21N5O3S3/c26-14-20-19-12-7-13-21(19)35-24(20)27-23(31)15-34-25-29-28-22(30(25)17-8-3-1-4-9-17)16-36(32,33)18-10-5-2-6-11-18/h1-6,8-11H,7,12-13,15-16H2,(H,27,31). The van der Waals surface area contributed by atoms with E-state index >= 15 is 0 Å². The average Bonchev–Trinajstić information content (AvgIpc) is 3.58. The van der Waals surface area contributed by atoms with Gasteiger partial charge in [-0.3, -0.25) is 9.36 Å². The van der Waals surface area contributed by atoms with Gasteiger partial charge in [0.1, 0.15) is 16.8 Å². The topological polar surface area (TPSA) is 118 Å². The number of carbonyl (C=O) groups excluding carboxylic acids is 1. The molecule has 2 heterocycles. The van der Waals surface area contributed by atoms with Crippen LogP contribution in [0.1, 0.15) is 28.2 Å². The van der Waals surface area contributed by atoms with Crippen LogP contribution in [0.2, 0.25) is 0 Å². The van der Waals surface area contributed by atoms with E-state index < -0.39 is 9.84 Å². The molecule has 0 unspecified atom stereocenters. The number of hydrogen-bond donors (Lipinski definition) is 1. The number of hydrogen-bond acceptors (Lipinski definition) is 8. The third-order valence-corrected chi connectivity index (χ3v) is 9.52. The fourth-order valence-electron chi connectivity index (χ4n) is 4.11. The molecule has 0 bridgehead atoms. The number of aryl methyl sites for hydroxylation is 1. The van der Waals surface area contributed by atoms with Gasteiger partial charge in [0.05, 0.1) is 16.2 Å². The summed E-state index contributed by atoms with van der Waals surface area (Å²) in [4.78, 5) is 14.1. The molecule has 2 aromatic heterocycles. The lowest BCUT2D eigenvalue weighted by atomic mass is 10.1. The van der Waals surface area contributed by atoms with Crippen molar-refractivity contribution in [2.75, 3.05) is 11.1 Å². The summed E-state index contributed by atoms with van der Waals surface area (Å²) in [5.74, 6) is -0.311. The molecule has 1 aliphatic carbocycles. The van der Waals surface area contributed by atoms with Crippen LogP contribution in [-0.4, -0.2) is 34.8 Å². The molecule has 182 valence electrons. The Morgan fingerprint density at radius 2 is 1.81 bits per heavy atom. The number of thiophene rings is 1. The molecule has 2 aromatic carbocycles. The highest BCUT2D eigenvalue weighted by atomic mass is 32.2. The number of amides is 1. The number of fused-ring (bicyclic) bond motifs is 1. The van der Waals surface area contributed by atoms with E-state index in [-0.39, 0.29) is 28.1 Å². The first-order valence-corrected chi connectivity index (χ1v) is 14.7. The Balaban J connectivity index is 1.37. The smallest absolute Gasteiger partial charge is 0.235 e. The minimum Gasteiger partial charge on any atom is -0.316 e. The van der Waals surface area contributed by atoms with Gasteiger partial charge >= 0.3 is 0 Å². The summed E-state index contributed by atoms with van der Waals surface area (Å²) in [6.07, 6.45) is 2.85. The number of aromatic nitrogens is 3. The number of anilines is 1. The summed E-state index contributed by atoms with van der Waals surface area (Å²) in [7, 11) is -3.65. The number of sulfone groups is 1. The Labute approximate surface area is 216 Å². The van der Waals surface area contributed by atoms with E-state index in [0.29, 0.717) is 21.4 Å². The summed E-state index contributed by atoms with van der Waals surface area (Å²) in [5, 5.41) is 21.8. The zero-order valence-corrected chi connectivity index (χ0v) is 21.5. The number of carbonyl (C=O) groups is 1. The molecule has 0 saturated heterocycles. The number of nitrogens with zero attached hydrogens (tertiary/aromatic N) is 4. The molecule has 5 rings (SSSR count). The van der Waals surface area contributed by atoms with Crippen LogP contribution in [0, 0.1) is 11.3 Å². The van der Waals surface area contributed by atoms with Crippen LogP contribution in [0.15, 0.2) is 70.7 Å². The molecule has 1 amide bonds. The maximum absolute atomic E-state index is 13.0. The lowest BCUT2D eigenvalue weighted by Gasteiger charge is -2.11. The molecule has 0 aliphatic heterocycles. The molecular weight excluding hydrogens is 515 g/mol. The Hall–Kier alpha value is -3.46. The van der Waals surface area contributed by atoms with Gasteiger partial charge in [0.25, 0.3) is 0 Å². The third-order valence-electron chi connectivity index (χ3n) is 5.75. The van der Waals surface area contributed by atoms with Gasteiger partial charge in [-0.15, -0.1) is 21.5 Å². The fourth-order valence-corrected chi connectivity index (χ4v) is 7.40. The van der Waals surface area contributed by atoms with E-state index in [0.717, 1.165) is 36.6 Å². The van der Waals surface area contributed by atoms with Crippen molar-refractivity contribution < 1.29 is 13.2 Å². The average molecular weight is 536 g/mol. The summed E-state index contributed by atoms with van der Waals surface area (Å²) in [5.41, 5.74) is 2.32. The van der Waals surface area contributed by atoms with Crippen LogP contribution in [0.25, 0.3) is 5.69 Å². The summed E-state index contributed by atoms with van der Waals surface area (Å²) < 4.78 is 27.7. The monoisotopic (exact) mass is 535 g/mol. The Morgan fingerprint density at radius 1 is 1.08 bits per heavy atom. The van der Waals surface area contributed by atoms with Gasteiger partial charge in [-0.2, -0.15) is 5.26 Å². The number of benzene rings is 2. The molecule has 11 heteroatoms. The summed E-state index contributed by atoms with van der Waals surface area (Å²) >= 11 is 2.63. The molecule has 8 nitrogen and oxygen atoms in total.